The number of hydrogen-bond donors (Lipinski definition) is 2. The molecule has 1 aromatic rings. The molecule has 0 radical (unpaired) electrons. The highest BCUT2D eigenvalue weighted by Crippen LogP contribution is 2.27. The molecule has 6 heteroatoms. The van der Waals surface area contributed by atoms with Gasteiger partial charge in [0, 0.05) is 13.2 Å². The van der Waals surface area contributed by atoms with Gasteiger partial charge in [-0.05, 0) is 18.9 Å². The van der Waals surface area contributed by atoms with Crippen molar-refractivity contribution in [3.05, 3.63) is 18.0 Å². The first kappa shape index (κ1) is 15.0. The van der Waals surface area contributed by atoms with Crippen LogP contribution in [0.5, 0.6) is 0 Å². The number of rotatable bonds is 3. The maximum atomic E-state index is 12.4. The zero-order chi connectivity index (χ0) is 14.6. The van der Waals surface area contributed by atoms with Crippen LogP contribution in [0.15, 0.2) is 12.3 Å². The summed E-state index contributed by atoms with van der Waals surface area (Å²) in [6.45, 7) is 0. The Balaban J connectivity index is 2.17. The van der Waals surface area contributed by atoms with Crippen LogP contribution in [0.2, 0.25) is 0 Å². The van der Waals surface area contributed by atoms with E-state index in [0.717, 1.165) is 25.7 Å². The molecule has 1 saturated carbocycles. The Morgan fingerprint density at radius 3 is 2.45 bits per heavy atom. The first-order valence-electron chi connectivity index (χ1n) is 7.16. The molecule has 0 aromatic carbocycles. The topological polar surface area (TPSA) is 72.9 Å². The summed E-state index contributed by atoms with van der Waals surface area (Å²) in [5.74, 6) is -0.154. The average Bonchev–Trinajstić information content (AvgIpc) is 2.78. The predicted octanol–water partition coefficient (Wildman–Crippen LogP) is 1.92. The lowest BCUT2D eigenvalue weighted by atomic mass is 9.83. The second-order valence-corrected chi connectivity index (χ2v) is 5.95. The van der Waals surface area contributed by atoms with E-state index in [1.165, 1.54) is 19.3 Å². The summed E-state index contributed by atoms with van der Waals surface area (Å²) < 4.78 is 1.56. The van der Waals surface area contributed by atoms with Crippen LogP contribution in [-0.2, 0) is 7.05 Å². The Bertz CT molecular complexity index is 489. The second-order valence-electron chi connectivity index (χ2n) is 5.51. The van der Waals surface area contributed by atoms with Crippen molar-refractivity contribution in [3.8, 4) is 0 Å². The van der Waals surface area contributed by atoms with Crippen molar-refractivity contribution in [1.29, 1.82) is 0 Å². The Morgan fingerprint density at radius 2 is 1.95 bits per heavy atom. The zero-order valence-electron chi connectivity index (χ0n) is 11.9. The van der Waals surface area contributed by atoms with Gasteiger partial charge < -0.3 is 11.1 Å². The normalized spacial score (nSPS) is 18.9. The molecule has 1 aliphatic rings. The van der Waals surface area contributed by atoms with Crippen LogP contribution in [0.3, 0.4) is 0 Å². The van der Waals surface area contributed by atoms with E-state index >= 15 is 0 Å². The van der Waals surface area contributed by atoms with Gasteiger partial charge in [-0.15, -0.1) is 0 Å². The molecule has 0 atom stereocenters. The van der Waals surface area contributed by atoms with Gasteiger partial charge >= 0.3 is 0 Å². The fourth-order valence-corrected chi connectivity index (χ4v) is 3.08. The number of hydrogen-bond acceptors (Lipinski definition) is 3. The van der Waals surface area contributed by atoms with E-state index in [0.29, 0.717) is 10.7 Å². The Kier molecular flexibility index (Phi) is 4.75. The fraction of sp³-hybridized carbons (Fsp3) is 0.643. The maximum absolute atomic E-state index is 12.4. The molecule has 20 heavy (non-hydrogen) atoms. The van der Waals surface area contributed by atoms with Crippen molar-refractivity contribution in [2.75, 3.05) is 0 Å². The number of aryl methyl sites for hydroxylation is 1. The van der Waals surface area contributed by atoms with Gasteiger partial charge in [-0.1, -0.05) is 44.3 Å². The molecule has 1 amide bonds. The number of carbonyl (C=O) groups excluding carboxylic acids is 1. The lowest BCUT2D eigenvalue weighted by molar-refractivity contribution is 0.0903. The monoisotopic (exact) mass is 294 g/mol. The van der Waals surface area contributed by atoms with Gasteiger partial charge in [-0.2, -0.15) is 5.10 Å². The van der Waals surface area contributed by atoms with Gasteiger partial charge in [-0.3, -0.25) is 9.48 Å². The van der Waals surface area contributed by atoms with Crippen LogP contribution >= 0.6 is 12.2 Å². The highest BCUT2D eigenvalue weighted by molar-refractivity contribution is 7.80. The summed E-state index contributed by atoms with van der Waals surface area (Å²) >= 11 is 5.25. The summed E-state index contributed by atoms with van der Waals surface area (Å²) in [5.41, 5.74) is 5.94. The Hall–Kier alpha value is -1.43. The number of nitrogens with one attached hydrogen (secondary N) is 1. The first-order chi connectivity index (χ1) is 9.55. The molecule has 1 heterocycles. The van der Waals surface area contributed by atoms with E-state index in [1.807, 2.05) is 0 Å². The van der Waals surface area contributed by atoms with Gasteiger partial charge in [0.25, 0.3) is 5.91 Å². The molecule has 1 fully saturated rings. The molecule has 0 unspecified atom stereocenters. The number of carbonyl (C=O) groups is 1. The fourth-order valence-electron chi connectivity index (χ4n) is 2.82. The van der Waals surface area contributed by atoms with Gasteiger partial charge in [0.1, 0.15) is 5.69 Å². The molecule has 2 rings (SSSR count). The molecule has 1 aromatic heterocycles. The van der Waals surface area contributed by atoms with Gasteiger partial charge in [-0.25, -0.2) is 0 Å². The number of amides is 1. The highest BCUT2D eigenvalue weighted by atomic mass is 32.1. The van der Waals surface area contributed by atoms with Crippen LogP contribution in [0.4, 0.5) is 0 Å². The Labute approximate surface area is 124 Å². The third kappa shape index (κ3) is 3.17. The van der Waals surface area contributed by atoms with E-state index in [1.54, 1.807) is 24.0 Å². The van der Waals surface area contributed by atoms with E-state index in [2.05, 4.69) is 10.4 Å². The summed E-state index contributed by atoms with van der Waals surface area (Å²) in [6.07, 6.45) is 8.95. The van der Waals surface area contributed by atoms with Gasteiger partial charge in [0.2, 0.25) is 0 Å². The molecule has 0 spiro atoms. The van der Waals surface area contributed by atoms with Gasteiger partial charge in [0.05, 0.1) is 10.5 Å². The minimum Gasteiger partial charge on any atom is -0.391 e. The van der Waals surface area contributed by atoms with Crippen LogP contribution in [0.1, 0.15) is 55.4 Å². The molecule has 110 valence electrons. The van der Waals surface area contributed by atoms with Crippen molar-refractivity contribution < 1.29 is 4.79 Å². The summed E-state index contributed by atoms with van der Waals surface area (Å²) in [5, 5.41) is 7.10. The molecule has 3 N–H and O–H groups in total. The largest absolute Gasteiger partial charge is 0.391 e. The number of aromatic nitrogens is 2. The molecule has 1 aliphatic carbocycles. The average molecular weight is 294 g/mol. The number of nitrogens with two attached hydrogens (primary N) is 1. The number of nitrogens with zero attached hydrogens (tertiary/aromatic N) is 2. The van der Waals surface area contributed by atoms with Gasteiger partial charge in [0.15, 0.2) is 0 Å². The minimum absolute atomic E-state index is 0.154. The van der Waals surface area contributed by atoms with Crippen molar-refractivity contribution in [3.63, 3.8) is 0 Å². The third-order valence-corrected chi connectivity index (χ3v) is 4.48. The van der Waals surface area contributed by atoms with Crippen LogP contribution in [0.25, 0.3) is 0 Å². The smallest absolute Gasteiger partial charge is 0.270 e. The van der Waals surface area contributed by atoms with Crippen molar-refractivity contribution in [2.45, 2.75) is 50.5 Å². The van der Waals surface area contributed by atoms with Crippen molar-refractivity contribution in [1.82, 2.24) is 15.1 Å². The molecule has 0 bridgehead atoms. The van der Waals surface area contributed by atoms with E-state index in [4.69, 9.17) is 18.0 Å². The molecule has 5 nitrogen and oxygen atoms in total. The van der Waals surface area contributed by atoms with Crippen molar-refractivity contribution >= 4 is 23.1 Å². The van der Waals surface area contributed by atoms with E-state index in [-0.39, 0.29) is 5.91 Å². The zero-order valence-corrected chi connectivity index (χ0v) is 12.7. The SMILES string of the molecule is Cn1nccc1C(=O)NC1(C(N)=S)CCCCCCC1. The summed E-state index contributed by atoms with van der Waals surface area (Å²) in [7, 11) is 1.75. The first-order valence-corrected chi connectivity index (χ1v) is 7.56. The van der Waals surface area contributed by atoms with Crippen LogP contribution in [0, 0.1) is 0 Å². The molecule has 0 aliphatic heterocycles. The van der Waals surface area contributed by atoms with Crippen molar-refractivity contribution in [2.24, 2.45) is 12.8 Å². The highest BCUT2D eigenvalue weighted by Gasteiger charge is 2.35. The van der Waals surface area contributed by atoms with E-state index in [9.17, 15) is 4.79 Å². The van der Waals surface area contributed by atoms with Crippen LogP contribution < -0.4 is 11.1 Å². The summed E-state index contributed by atoms with van der Waals surface area (Å²) in [6, 6.07) is 1.70. The van der Waals surface area contributed by atoms with E-state index < -0.39 is 5.54 Å². The third-order valence-electron chi connectivity index (χ3n) is 4.09. The van der Waals surface area contributed by atoms with Crippen LogP contribution in [-0.4, -0.2) is 26.2 Å². The molecular formula is C14H22N4OS. The number of thiocarbonyl (C=S) groups is 1. The summed E-state index contributed by atoms with van der Waals surface area (Å²) in [4.78, 5) is 12.8. The quantitative estimate of drug-likeness (QED) is 0.835. The Morgan fingerprint density at radius 1 is 1.35 bits per heavy atom. The second kappa shape index (κ2) is 6.35. The maximum Gasteiger partial charge on any atom is 0.270 e. The lowest BCUT2D eigenvalue weighted by Crippen LogP contribution is -2.57. The lowest BCUT2D eigenvalue weighted by Gasteiger charge is -2.35. The standard InChI is InChI=1S/C14H22N4OS/c1-18-11(7-10-16-18)12(19)17-14(13(15)20)8-5-3-2-4-6-9-14/h7,10H,2-6,8-9H2,1H3,(H2,15,20)(H,17,19). The predicted molar refractivity (Wildman–Crippen MR) is 82.5 cm³/mol. The molecule has 0 saturated heterocycles. The molecular weight excluding hydrogens is 272 g/mol. The minimum atomic E-state index is -0.545.